The van der Waals surface area contributed by atoms with Crippen molar-refractivity contribution >= 4 is 0 Å². The van der Waals surface area contributed by atoms with E-state index in [9.17, 15) is 5.11 Å². The molecule has 0 aromatic carbocycles. The highest BCUT2D eigenvalue weighted by molar-refractivity contribution is 4.65. The number of hydrogen-bond donors (Lipinski definition) is 1. The van der Waals surface area contributed by atoms with Crippen molar-refractivity contribution in [3.05, 3.63) is 0 Å². The largest absolute Gasteiger partial charge is 0.389 e. The molecule has 1 N–H and O–H groups in total. The Bertz CT molecular complexity index is 153. The molecule has 0 saturated carbocycles. The van der Waals surface area contributed by atoms with Crippen molar-refractivity contribution in [1.29, 1.82) is 0 Å². The molecule has 98 valence electrons. The van der Waals surface area contributed by atoms with Crippen LogP contribution in [0.4, 0.5) is 0 Å². The number of hydrogen-bond acceptors (Lipinski definition) is 4. The fraction of sp³-hybridized carbons (Fsp3) is 1.00. The normalized spacial score (nSPS) is 13.7. The maximum absolute atomic E-state index is 9.76. The summed E-state index contributed by atoms with van der Waals surface area (Å²) in [5.41, 5.74) is 0. The molecule has 1 atom stereocenters. The van der Waals surface area contributed by atoms with E-state index in [1.165, 1.54) is 0 Å². The molecule has 0 aromatic rings. The van der Waals surface area contributed by atoms with Gasteiger partial charge in [-0.25, -0.2) is 0 Å². The van der Waals surface area contributed by atoms with Crippen molar-refractivity contribution < 1.29 is 14.6 Å². The average molecular weight is 233 g/mol. The first kappa shape index (κ1) is 15.8. The predicted octanol–water partition coefficient (Wildman–Crippen LogP) is 0.988. The Morgan fingerprint density at radius 3 is 2.44 bits per heavy atom. The maximum atomic E-state index is 9.76. The minimum atomic E-state index is -0.407. The Labute approximate surface area is 99.5 Å². The van der Waals surface area contributed by atoms with Crippen LogP contribution in [0.5, 0.6) is 0 Å². The predicted molar refractivity (Wildman–Crippen MR) is 65.7 cm³/mol. The third kappa shape index (κ3) is 9.09. The topological polar surface area (TPSA) is 41.9 Å². The van der Waals surface area contributed by atoms with E-state index in [0.29, 0.717) is 32.3 Å². The summed E-state index contributed by atoms with van der Waals surface area (Å²) in [6.45, 7) is 10.5. The molecule has 0 spiro atoms. The fourth-order valence-electron chi connectivity index (χ4n) is 1.60. The van der Waals surface area contributed by atoms with Crippen LogP contribution in [0.15, 0.2) is 0 Å². The summed E-state index contributed by atoms with van der Waals surface area (Å²) in [5, 5.41) is 9.76. The highest BCUT2D eigenvalue weighted by Gasteiger charge is 2.12. The number of methoxy groups -OCH3 is 1. The van der Waals surface area contributed by atoms with Gasteiger partial charge in [0.15, 0.2) is 0 Å². The molecular weight excluding hydrogens is 206 g/mol. The monoisotopic (exact) mass is 233 g/mol. The van der Waals surface area contributed by atoms with Gasteiger partial charge in [-0.1, -0.05) is 13.8 Å². The average Bonchev–Trinajstić information content (AvgIpc) is 2.22. The molecule has 1 unspecified atom stereocenters. The number of aliphatic hydroxyl groups excluding tert-OH is 1. The zero-order valence-corrected chi connectivity index (χ0v) is 11.1. The molecule has 0 amide bonds. The van der Waals surface area contributed by atoms with E-state index in [1.54, 1.807) is 7.11 Å². The van der Waals surface area contributed by atoms with E-state index in [4.69, 9.17) is 9.47 Å². The van der Waals surface area contributed by atoms with Gasteiger partial charge in [-0.05, 0) is 12.8 Å². The third-order valence-electron chi connectivity index (χ3n) is 2.22. The number of rotatable bonds is 10. The molecule has 0 aromatic heterocycles. The van der Waals surface area contributed by atoms with E-state index in [2.05, 4.69) is 18.7 Å². The van der Waals surface area contributed by atoms with Gasteiger partial charge in [-0.2, -0.15) is 0 Å². The van der Waals surface area contributed by atoms with Gasteiger partial charge in [0.2, 0.25) is 0 Å². The maximum Gasteiger partial charge on any atom is 0.0900 e. The number of nitrogens with zero attached hydrogens (tertiary/aromatic N) is 1. The van der Waals surface area contributed by atoms with E-state index < -0.39 is 6.10 Å². The molecule has 4 heteroatoms. The molecular formula is C12H27NO3. The van der Waals surface area contributed by atoms with Crippen LogP contribution in [0, 0.1) is 5.92 Å². The van der Waals surface area contributed by atoms with Gasteiger partial charge in [0.25, 0.3) is 0 Å². The van der Waals surface area contributed by atoms with Gasteiger partial charge in [0.1, 0.15) is 0 Å². The first-order valence-electron chi connectivity index (χ1n) is 6.07. The number of ether oxygens (including phenoxy) is 2. The fourth-order valence-corrected chi connectivity index (χ4v) is 1.60. The van der Waals surface area contributed by atoms with Crippen LogP contribution in [-0.4, -0.2) is 62.7 Å². The standard InChI is InChI=1S/C12H27NO3/c1-5-16-10-12(14)9-13(6-7-15-4)8-11(2)3/h11-12,14H,5-10H2,1-4H3. The van der Waals surface area contributed by atoms with E-state index in [1.807, 2.05) is 6.92 Å². The highest BCUT2D eigenvalue weighted by atomic mass is 16.5. The van der Waals surface area contributed by atoms with Crippen LogP contribution in [0.3, 0.4) is 0 Å². The summed E-state index contributed by atoms with van der Waals surface area (Å²) in [6.07, 6.45) is -0.407. The minimum Gasteiger partial charge on any atom is -0.389 e. The molecule has 0 aliphatic rings. The van der Waals surface area contributed by atoms with Crippen molar-refractivity contribution in [1.82, 2.24) is 4.90 Å². The second-order valence-corrected chi connectivity index (χ2v) is 4.46. The van der Waals surface area contributed by atoms with Crippen LogP contribution in [0.2, 0.25) is 0 Å². The molecule has 0 aliphatic carbocycles. The van der Waals surface area contributed by atoms with Gasteiger partial charge in [-0.15, -0.1) is 0 Å². The van der Waals surface area contributed by atoms with Crippen molar-refractivity contribution in [2.45, 2.75) is 26.9 Å². The van der Waals surface area contributed by atoms with E-state index in [0.717, 1.165) is 13.1 Å². The van der Waals surface area contributed by atoms with E-state index in [-0.39, 0.29) is 0 Å². The Hall–Kier alpha value is -0.160. The summed E-state index contributed by atoms with van der Waals surface area (Å²) < 4.78 is 10.3. The van der Waals surface area contributed by atoms with Crippen LogP contribution in [0.1, 0.15) is 20.8 Å². The van der Waals surface area contributed by atoms with Crippen molar-refractivity contribution in [2.24, 2.45) is 5.92 Å². The lowest BCUT2D eigenvalue weighted by molar-refractivity contribution is 0.0144. The van der Waals surface area contributed by atoms with Crippen LogP contribution in [0.25, 0.3) is 0 Å². The van der Waals surface area contributed by atoms with Gasteiger partial charge in [0, 0.05) is 33.4 Å². The SMILES string of the molecule is CCOCC(O)CN(CCOC)CC(C)C. The van der Waals surface area contributed by atoms with Crippen LogP contribution in [-0.2, 0) is 9.47 Å². The summed E-state index contributed by atoms with van der Waals surface area (Å²) >= 11 is 0. The Balaban J connectivity index is 3.87. The first-order valence-corrected chi connectivity index (χ1v) is 6.07. The molecule has 0 rings (SSSR count). The molecule has 0 bridgehead atoms. The lowest BCUT2D eigenvalue weighted by atomic mass is 10.2. The molecule has 0 radical (unpaired) electrons. The lowest BCUT2D eigenvalue weighted by Gasteiger charge is -2.26. The summed E-state index contributed by atoms with van der Waals surface area (Å²) in [6, 6.07) is 0. The van der Waals surface area contributed by atoms with Crippen LogP contribution < -0.4 is 0 Å². The zero-order valence-electron chi connectivity index (χ0n) is 11.1. The van der Waals surface area contributed by atoms with Gasteiger partial charge in [-0.3, -0.25) is 4.90 Å². The highest BCUT2D eigenvalue weighted by Crippen LogP contribution is 2.01. The molecule has 16 heavy (non-hydrogen) atoms. The minimum absolute atomic E-state index is 0.407. The smallest absolute Gasteiger partial charge is 0.0900 e. The Morgan fingerprint density at radius 2 is 1.94 bits per heavy atom. The van der Waals surface area contributed by atoms with Crippen LogP contribution >= 0.6 is 0 Å². The molecule has 4 nitrogen and oxygen atoms in total. The second kappa shape index (κ2) is 10.0. The Morgan fingerprint density at radius 1 is 1.25 bits per heavy atom. The van der Waals surface area contributed by atoms with Crippen molar-refractivity contribution in [3.63, 3.8) is 0 Å². The van der Waals surface area contributed by atoms with Gasteiger partial charge >= 0.3 is 0 Å². The summed E-state index contributed by atoms with van der Waals surface area (Å²) in [5.74, 6) is 0.594. The first-order chi connectivity index (χ1) is 7.60. The van der Waals surface area contributed by atoms with Gasteiger partial charge < -0.3 is 14.6 Å². The van der Waals surface area contributed by atoms with Crippen molar-refractivity contribution in [3.8, 4) is 0 Å². The number of aliphatic hydroxyl groups is 1. The molecule has 0 saturated heterocycles. The third-order valence-corrected chi connectivity index (χ3v) is 2.22. The van der Waals surface area contributed by atoms with E-state index >= 15 is 0 Å². The summed E-state index contributed by atoms with van der Waals surface area (Å²) in [4.78, 5) is 2.22. The molecule has 0 aliphatic heterocycles. The lowest BCUT2D eigenvalue weighted by Crippen LogP contribution is -2.39. The molecule has 0 heterocycles. The zero-order chi connectivity index (χ0) is 12.4. The van der Waals surface area contributed by atoms with Gasteiger partial charge in [0.05, 0.1) is 19.3 Å². The van der Waals surface area contributed by atoms with Crippen molar-refractivity contribution in [2.75, 3.05) is 46.6 Å². The molecule has 0 fully saturated rings. The second-order valence-electron chi connectivity index (χ2n) is 4.46. The Kier molecular flexibility index (Phi) is 9.92. The summed E-state index contributed by atoms with van der Waals surface area (Å²) in [7, 11) is 1.70. The quantitative estimate of drug-likeness (QED) is 0.611.